The molecule has 2 heterocycles. The maximum atomic E-state index is 12.1. The second kappa shape index (κ2) is 5.51. The summed E-state index contributed by atoms with van der Waals surface area (Å²) in [6, 6.07) is -0.731. The Morgan fingerprint density at radius 2 is 2.25 bits per heavy atom. The van der Waals surface area contributed by atoms with E-state index in [1.807, 2.05) is 0 Å². The molecule has 0 aromatic carbocycles. The van der Waals surface area contributed by atoms with E-state index in [2.05, 4.69) is 10.5 Å². The third-order valence-corrected chi connectivity index (χ3v) is 4.54. The lowest BCUT2D eigenvalue weighted by Gasteiger charge is -2.20. The van der Waals surface area contributed by atoms with Gasteiger partial charge in [-0.15, -0.1) is 0 Å². The van der Waals surface area contributed by atoms with Crippen LogP contribution in [0.2, 0.25) is 0 Å². The first-order valence-electron chi connectivity index (χ1n) is 6.29. The molecule has 1 aliphatic heterocycles. The van der Waals surface area contributed by atoms with Gasteiger partial charge >= 0.3 is 0 Å². The first kappa shape index (κ1) is 14.9. The second-order valence-electron chi connectivity index (χ2n) is 4.83. The molecule has 1 atom stereocenters. The number of hydrogen-bond donors (Lipinski definition) is 2. The summed E-state index contributed by atoms with van der Waals surface area (Å²) in [6.45, 7) is 4.08. The van der Waals surface area contributed by atoms with E-state index >= 15 is 0 Å². The number of nitrogens with one attached hydrogen (secondary N) is 1. The average molecular weight is 302 g/mol. The zero-order valence-electron chi connectivity index (χ0n) is 11.4. The standard InChI is InChI=1S/C11H18N4O4S/c1-7-9(8(2)19-14-7)6-13-11(16)10-4-3-5-15(10)20(12,17)18/h10H,3-6H2,1-2H3,(H,13,16)(H2,12,17,18)/t10-/m0/s1. The van der Waals surface area contributed by atoms with Gasteiger partial charge in [0.25, 0.3) is 10.2 Å². The molecule has 0 radical (unpaired) electrons. The highest BCUT2D eigenvalue weighted by atomic mass is 32.2. The van der Waals surface area contributed by atoms with Gasteiger partial charge in [0.05, 0.1) is 5.69 Å². The van der Waals surface area contributed by atoms with Crippen LogP contribution in [0.1, 0.15) is 29.9 Å². The van der Waals surface area contributed by atoms with Gasteiger partial charge < -0.3 is 9.84 Å². The largest absolute Gasteiger partial charge is 0.361 e. The van der Waals surface area contributed by atoms with E-state index in [1.54, 1.807) is 13.8 Å². The minimum Gasteiger partial charge on any atom is -0.361 e. The molecule has 8 nitrogen and oxygen atoms in total. The molecule has 112 valence electrons. The molecule has 3 N–H and O–H groups in total. The van der Waals surface area contributed by atoms with Crippen molar-refractivity contribution in [3.8, 4) is 0 Å². The Labute approximate surface area is 117 Å². The van der Waals surface area contributed by atoms with Gasteiger partial charge in [-0.05, 0) is 26.7 Å². The molecule has 1 aromatic rings. The average Bonchev–Trinajstić information content (AvgIpc) is 2.94. The number of nitrogens with two attached hydrogens (primary N) is 1. The molecule has 1 amide bonds. The number of aryl methyl sites for hydroxylation is 2. The van der Waals surface area contributed by atoms with Crippen LogP contribution in [-0.4, -0.2) is 36.4 Å². The Hall–Kier alpha value is -1.45. The lowest BCUT2D eigenvalue weighted by molar-refractivity contribution is -0.124. The van der Waals surface area contributed by atoms with Crippen LogP contribution in [0.15, 0.2) is 4.52 Å². The Balaban J connectivity index is 2.02. The third kappa shape index (κ3) is 3.00. The van der Waals surface area contributed by atoms with Crippen LogP contribution in [0, 0.1) is 13.8 Å². The van der Waals surface area contributed by atoms with Crippen molar-refractivity contribution in [1.82, 2.24) is 14.8 Å². The molecule has 0 bridgehead atoms. The number of aromatic nitrogens is 1. The monoisotopic (exact) mass is 302 g/mol. The van der Waals surface area contributed by atoms with E-state index in [0.29, 0.717) is 24.3 Å². The van der Waals surface area contributed by atoms with Gasteiger partial charge in [-0.2, -0.15) is 12.7 Å². The van der Waals surface area contributed by atoms with Crippen molar-refractivity contribution in [1.29, 1.82) is 0 Å². The maximum absolute atomic E-state index is 12.1. The lowest BCUT2D eigenvalue weighted by atomic mass is 10.2. The molecular weight excluding hydrogens is 284 g/mol. The van der Waals surface area contributed by atoms with Crippen LogP contribution < -0.4 is 10.5 Å². The summed E-state index contributed by atoms with van der Waals surface area (Å²) >= 11 is 0. The Morgan fingerprint density at radius 1 is 1.55 bits per heavy atom. The van der Waals surface area contributed by atoms with Crippen LogP contribution in [0.4, 0.5) is 0 Å². The number of carbonyl (C=O) groups is 1. The number of rotatable bonds is 4. The molecule has 0 aliphatic carbocycles. The first-order valence-corrected chi connectivity index (χ1v) is 7.80. The van der Waals surface area contributed by atoms with E-state index in [1.165, 1.54) is 0 Å². The molecular formula is C11H18N4O4S. The van der Waals surface area contributed by atoms with Gasteiger partial charge in [-0.3, -0.25) is 4.79 Å². The van der Waals surface area contributed by atoms with Gasteiger partial charge in [0.1, 0.15) is 11.8 Å². The molecule has 0 saturated carbocycles. The molecule has 0 spiro atoms. The highest BCUT2D eigenvalue weighted by Gasteiger charge is 2.36. The number of nitrogens with zero attached hydrogens (tertiary/aromatic N) is 2. The zero-order valence-corrected chi connectivity index (χ0v) is 12.2. The smallest absolute Gasteiger partial charge is 0.277 e. The predicted octanol–water partition coefficient (Wildman–Crippen LogP) is -0.424. The SMILES string of the molecule is Cc1noc(C)c1CNC(=O)[C@@H]1CCCN1S(N)(=O)=O. The number of amides is 1. The Morgan fingerprint density at radius 3 is 2.80 bits per heavy atom. The van der Waals surface area contributed by atoms with Gasteiger partial charge in [0, 0.05) is 18.7 Å². The lowest BCUT2D eigenvalue weighted by Crippen LogP contribution is -2.48. The molecule has 1 aromatic heterocycles. The summed E-state index contributed by atoms with van der Waals surface area (Å²) in [5.74, 6) is 0.286. The van der Waals surface area contributed by atoms with Crippen molar-refractivity contribution in [2.24, 2.45) is 5.14 Å². The summed E-state index contributed by atoms with van der Waals surface area (Å²) in [5, 5.41) is 11.6. The van der Waals surface area contributed by atoms with Gasteiger partial charge in [-0.25, -0.2) is 5.14 Å². The van der Waals surface area contributed by atoms with Crippen molar-refractivity contribution in [3.05, 3.63) is 17.0 Å². The fourth-order valence-corrected chi connectivity index (χ4v) is 3.29. The van der Waals surface area contributed by atoms with E-state index in [4.69, 9.17) is 9.66 Å². The zero-order chi connectivity index (χ0) is 14.9. The molecule has 2 rings (SSSR count). The summed E-state index contributed by atoms with van der Waals surface area (Å²) in [7, 11) is -3.84. The fourth-order valence-electron chi connectivity index (χ4n) is 2.35. The summed E-state index contributed by atoms with van der Waals surface area (Å²) in [5.41, 5.74) is 1.51. The van der Waals surface area contributed by atoms with Crippen LogP contribution in [0.3, 0.4) is 0 Å². The molecule has 1 fully saturated rings. The van der Waals surface area contributed by atoms with Crippen molar-refractivity contribution < 1.29 is 17.7 Å². The van der Waals surface area contributed by atoms with Crippen molar-refractivity contribution in [2.75, 3.05) is 6.54 Å². The summed E-state index contributed by atoms with van der Waals surface area (Å²) in [6.07, 6.45) is 1.10. The normalized spacial score (nSPS) is 20.2. The summed E-state index contributed by atoms with van der Waals surface area (Å²) < 4.78 is 28.8. The van der Waals surface area contributed by atoms with Crippen LogP contribution in [0.5, 0.6) is 0 Å². The second-order valence-corrected chi connectivity index (χ2v) is 6.33. The maximum Gasteiger partial charge on any atom is 0.277 e. The Kier molecular flexibility index (Phi) is 4.11. The van der Waals surface area contributed by atoms with E-state index in [-0.39, 0.29) is 19.0 Å². The molecule has 1 aliphatic rings. The quantitative estimate of drug-likeness (QED) is 0.782. The van der Waals surface area contributed by atoms with Gasteiger partial charge in [-0.1, -0.05) is 5.16 Å². The highest BCUT2D eigenvalue weighted by Crippen LogP contribution is 2.20. The number of carbonyl (C=O) groups excluding carboxylic acids is 1. The first-order chi connectivity index (χ1) is 9.30. The fraction of sp³-hybridized carbons (Fsp3) is 0.636. The van der Waals surface area contributed by atoms with Gasteiger partial charge in [0.2, 0.25) is 5.91 Å². The van der Waals surface area contributed by atoms with Gasteiger partial charge in [0.15, 0.2) is 0 Å². The molecule has 0 unspecified atom stereocenters. The van der Waals surface area contributed by atoms with Crippen LogP contribution in [0.25, 0.3) is 0 Å². The van der Waals surface area contributed by atoms with Crippen LogP contribution >= 0.6 is 0 Å². The van der Waals surface area contributed by atoms with Crippen molar-refractivity contribution in [3.63, 3.8) is 0 Å². The summed E-state index contributed by atoms with van der Waals surface area (Å²) in [4.78, 5) is 12.1. The topological polar surface area (TPSA) is 119 Å². The van der Waals surface area contributed by atoms with E-state index < -0.39 is 16.3 Å². The van der Waals surface area contributed by atoms with E-state index in [0.717, 1.165) is 9.87 Å². The number of hydrogen-bond acceptors (Lipinski definition) is 5. The molecule has 1 saturated heterocycles. The Bertz CT molecular complexity index is 590. The van der Waals surface area contributed by atoms with Crippen LogP contribution in [-0.2, 0) is 21.5 Å². The third-order valence-electron chi connectivity index (χ3n) is 3.45. The predicted molar refractivity (Wildman–Crippen MR) is 70.7 cm³/mol. The van der Waals surface area contributed by atoms with Crippen molar-refractivity contribution >= 4 is 16.1 Å². The molecule has 9 heteroatoms. The molecule has 20 heavy (non-hydrogen) atoms. The highest BCUT2D eigenvalue weighted by molar-refractivity contribution is 7.86. The minimum absolute atomic E-state index is 0.259. The van der Waals surface area contributed by atoms with E-state index in [9.17, 15) is 13.2 Å². The van der Waals surface area contributed by atoms with Crippen molar-refractivity contribution in [2.45, 2.75) is 39.3 Å². The minimum atomic E-state index is -3.84.